The van der Waals surface area contributed by atoms with Crippen molar-refractivity contribution in [2.45, 2.75) is 84.7 Å². The van der Waals surface area contributed by atoms with Gasteiger partial charge in [-0.05, 0) is 58.3 Å². The van der Waals surface area contributed by atoms with E-state index in [9.17, 15) is 9.90 Å². The fourth-order valence-corrected chi connectivity index (χ4v) is 11.3. The van der Waals surface area contributed by atoms with E-state index < -0.39 is 8.32 Å². The van der Waals surface area contributed by atoms with Crippen LogP contribution in [0.25, 0.3) is 0 Å². The van der Waals surface area contributed by atoms with Gasteiger partial charge in [-0.15, -0.1) is 0 Å². The van der Waals surface area contributed by atoms with Crippen LogP contribution in [0.15, 0.2) is 60.7 Å². The molecule has 204 valence electrons. The number of carbonyl (C=O) groups is 1. The summed E-state index contributed by atoms with van der Waals surface area (Å²) < 4.78 is 7.33. The highest BCUT2D eigenvalue weighted by Gasteiger charge is 2.51. The second-order valence-corrected chi connectivity index (χ2v) is 16.4. The Labute approximate surface area is 226 Å². The summed E-state index contributed by atoms with van der Waals surface area (Å²) in [5, 5.41) is 16.0. The molecule has 2 aromatic carbocycles. The molecule has 1 amide bonds. The summed E-state index contributed by atoms with van der Waals surface area (Å²) in [6, 6.07) is 21.7. The monoisotopic (exact) mass is 523 g/mol. The Hall–Kier alpha value is -1.95. The van der Waals surface area contributed by atoms with E-state index in [0.717, 1.165) is 32.1 Å². The molecule has 0 aliphatic heterocycles. The molecule has 1 fully saturated rings. The second-order valence-electron chi connectivity index (χ2n) is 12.1. The number of hydrogen-bond acceptors (Lipinski definition) is 3. The van der Waals surface area contributed by atoms with E-state index in [1.807, 2.05) is 0 Å². The van der Waals surface area contributed by atoms with Gasteiger partial charge in [-0.3, -0.25) is 4.79 Å². The summed E-state index contributed by atoms with van der Waals surface area (Å²) in [6.45, 7) is 13.9. The zero-order valence-electron chi connectivity index (χ0n) is 23.9. The molecular formula is C32H49NO3Si. The highest BCUT2D eigenvalue weighted by atomic mass is 28.4. The summed E-state index contributed by atoms with van der Waals surface area (Å²) in [5.74, 6) is 1.49. The molecule has 4 nitrogen and oxygen atoms in total. The van der Waals surface area contributed by atoms with Gasteiger partial charge in [-0.2, -0.15) is 0 Å². The summed E-state index contributed by atoms with van der Waals surface area (Å²) in [5.41, 5.74) is 0. The smallest absolute Gasteiger partial charge is 0.261 e. The topological polar surface area (TPSA) is 58.6 Å². The Morgan fingerprint density at radius 1 is 1.00 bits per heavy atom. The van der Waals surface area contributed by atoms with Gasteiger partial charge < -0.3 is 14.8 Å². The number of amides is 1. The van der Waals surface area contributed by atoms with Crippen molar-refractivity contribution in [3.05, 3.63) is 60.7 Å². The lowest BCUT2D eigenvalue weighted by Gasteiger charge is -2.44. The summed E-state index contributed by atoms with van der Waals surface area (Å²) in [4.78, 5) is 12.3. The van der Waals surface area contributed by atoms with Gasteiger partial charge in [0, 0.05) is 26.2 Å². The van der Waals surface area contributed by atoms with Gasteiger partial charge in [0.15, 0.2) is 0 Å². The van der Waals surface area contributed by atoms with Gasteiger partial charge in [0.25, 0.3) is 8.32 Å². The number of aliphatic hydroxyl groups excluding tert-OH is 1. The van der Waals surface area contributed by atoms with E-state index in [-0.39, 0.29) is 29.5 Å². The maximum atomic E-state index is 12.3. The zero-order valence-corrected chi connectivity index (χ0v) is 24.9. The van der Waals surface area contributed by atoms with Crippen molar-refractivity contribution in [3.63, 3.8) is 0 Å². The molecule has 0 unspecified atom stereocenters. The SMILES string of the molecule is CCC(CC)C[C@H](NC(C)=O)[C@@H]1C[C@@H](CO)C[C@H]1CO[Si](c1ccccc1)(c1ccccc1)C(C)(C)C. The maximum absolute atomic E-state index is 12.3. The molecule has 0 heterocycles. The Morgan fingerprint density at radius 3 is 1.97 bits per heavy atom. The molecule has 0 radical (unpaired) electrons. The van der Waals surface area contributed by atoms with Crippen LogP contribution >= 0.6 is 0 Å². The van der Waals surface area contributed by atoms with Crippen LogP contribution in [0.5, 0.6) is 0 Å². The molecule has 1 aliphatic carbocycles. The molecule has 0 aromatic heterocycles. The Bertz CT molecular complexity index is 916. The predicted octanol–water partition coefficient (Wildman–Crippen LogP) is 5.53. The Morgan fingerprint density at radius 2 is 1.54 bits per heavy atom. The zero-order chi connectivity index (χ0) is 27.1. The number of aliphatic hydroxyl groups is 1. The minimum atomic E-state index is -2.64. The van der Waals surface area contributed by atoms with Crippen LogP contribution in [-0.4, -0.2) is 38.6 Å². The third-order valence-electron chi connectivity index (χ3n) is 8.68. The van der Waals surface area contributed by atoms with E-state index in [1.165, 1.54) is 10.4 Å². The molecule has 1 saturated carbocycles. The molecule has 4 atom stereocenters. The van der Waals surface area contributed by atoms with Crippen molar-refractivity contribution in [2.75, 3.05) is 13.2 Å². The third-order valence-corrected chi connectivity index (χ3v) is 13.7. The normalized spacial score (nSPS) is 21.2. The van der Waals surface area contributed by atoms with Crippen LogP contribution in [0, 0.1) is 23.7 Å². The van der Waals surface area contributed by atoms with Crippen LogP contribution in [0.4, 0.5) is 0 Å². The minimum Gasteiger partial charge on any atom is -0.407 e. The van der Waals surface area contributed by atoms with Crippen molar-refractivity contribution in [1.82, 2.24) is 5.32 Å². The number of benzene rings is 2. The first kappa shape index (κ1) is 29.6. The molecule has 37 heavy (non-hydrogen) atoms. The number of carbonyl (C=O) groups excluding carboxylic acids is 1. The van der Waals surface area contributed by atoms with Crippen molar-refractivity contribution in [3.8, 4) is 0 Å². The van der Waals surface area contributed by atoms with Crippen LogP contribution in [0.1, 0.15) is 73.6 Å². The highest BCUT2D eigenvalue weighted by molar-refractivity contribution is 6.99. The van der Waals surface area contributed by atoms with Crippen molar-refractivity contribution in [1.29, 1.82) is 0 Å². The Kier molecular flexibility index (Phi) is 10.6. The van der Waals surface area contributed by atoms with E-state index >= 15 is 0 Å². The summed E-state index contributed by atoms with van der Waals surface area (Å²) in [7, 11) is -2.64. The molecule has 3 rings (SSSR count). The number of nitrogens with one attached hydrogen (secondary N) is 1. The van der Waals surface area contributed by atoms with Crippen molar-refractivity contribution < 1.29 is 14.3 Å². The van der Waals surface area contributed by atoms with Gasteiger partial charge in [-0.1, -0.05) is 108 Å². The minimum absolute atomic E-state index is 0.0371. The maximum Gasteiger partial charge on any atom is 0.261 e. The second kappa shape index (κ2) is 13.2. The lowest BCUT2D eigenvalue weighted by molar-refractivity contribution is -0.120. The van der Waals surface area contributed by atoms with Crippen molar-refractivity contribution in [2.24, 2.45) is 23.7 Å². The molecular weight excluding hydrogens is 474 g/mol. The van der Waals surface area contributed by atoms with Gasteiger partial charge in [-0.25, -0.2) is 0 Å². The molecule has 0 bridgehead atoms. The summed E-state index contributed by atoms with van der Waals surface area (Å²) >= 11 is 0. The first-order valence-electron chi connectivity index (χ1n) is 14.3. The van der Waals surface area contributed by atoms with Gasteiger partial charge in [0.05, 0.1) is 0 Å². The van der Waals surface area contributed by atoms with E-state index in [2.05, 4.69) is 101 Å². The quantitative estimate of drug-likeness (QED) is 0.360. The van der Waals surface area contributed by atoms with Crippen LogP contribution in [0.3, 0.4) is 0 Å². The van der Waals surface area contributed by atoms with Crippen molar-refractivity contribution >= 4 is 24.6 Å². The average Bonchev–Trinajstić information content (AvgIpc) is 3.30. The molecule has 2 N–H and O–H groups in total. The summed E-state index contributed by atoms with van der Waals surface area (Å²) in [6.07, 6.45) is 5.11. The molecule has 0 spiro atoms. The van der Waals surface area contributed by atoms with E-state index in [0.29, 0.717) is 24.4 Å². The van der Waals surface area contributed by atoms with Gasteiger partial charge >= 0.3 is 0 Å². The van der Waals surface area contributed by atoms with E-state index in [4.69, 9.17) is 4.43 Å². The molecule has 1 aliphatic rings. The average molecular weight is 524 g/mol. The van der Waals surface area contributed by atoms with E-state index in [1.54, 1.807) is 6.92 Å². The predicted molar refractivity (Wildman–Crippen MR) is 157 cm³/mol. The number of rotatable bonds is 12. The Balaban J connectivity index is 1.99. The lowest BCUT2D eigenvalue weighted by atomic mass is 9.82. The van der Waals surface area contributed by atoms with Crippen LogP contribution < -0.4 is 15.7 Å². The number of hydrogen-bond donors (Lipinski definition) is 2. The van der Waals surface area contributed by atoms with Crippen LogP contribution in [-0.2, 0) is 9.22 Å². The molecule has 0 saturated heterocycles. The highest BCUT2D eigenvalue weighted by Crippen LogP contribution is 2.43. The first-order valence-corrected chi connectivity index (χ1v) is 16.2. The fourth-order valence-electron chi connectivity index (χ4n) is 6.69. The van der Waals surface area contributed by atoms with Gasteiger partial charge in [0.2, 0.25) is 5.91 Å². The largest absolute Gasteiger partial charge is 0.407 e. The first-order chi connectivity index (χ1) is 17.7. The van der Waals surface area contributed by atoms with Gasteiger partial charge in [0.1, 0.15) is 0 Å². The molecule has 5 heteroatoms. The van der Waals surface area contributed by atoms with Crippen LogP contribution in [0.2, 0.25) is 5.04 Å². The lowest BCUT2D eigenvalue weighted by Crippen LogP contribution is -2.67. The molecule has 2 aromatic rings. The third kappa shape index (κ3) is 6.93. The fraction of sp³-hybridized carbons (Fsp3) is 0.594. The standard InChI is InChI=1S/C32H49NO3Si/c1-7-25(8-2)21-31(33-24(3)35)30-20-26(22-34)19-27(30)23-36-37(32(4,5)6,28-15-11-9-12-16-28)29-17-13-10-14-18-29/h9-18,25-27,30-31,34H,7-8,19-23H2,1-6H3,(H,33,35)/t26-,27-,30+,31-/m0/s1.